The van der Waals surface area contributed by atoms with Crippen molar-refractivity contribution < 1.29 is 14.5 Å². The Hall–Kier alpha value is -3.16. The topological polar surface area (TPSA) is 97.5 Å². The molecule has 1 saturated heterocycles. The lowest BCUT2D eigenvalue weighted by Gasteiger charge is -2.39. The Morgan fingerprint density at radius 3 is 2.75 bits per heavy atom. The normalized spacial score (nSPS) is 16.4. The SMILES string of the molecule is C=CC(=O)N1CC(NC(=O)Cn2c3c(c4cc([N+](=O)[O-])ccc42)CCCC3)C1. The summed E-state index contributed by atoms with van der Waals surface area (Å²) in [5, 5.41) is 15.0. The van der Waals surface area contributed by atoms with Gasteiger partial charge >= 0.3 is 0 Å². The van der Waals surface area contributed by atoms with E-state index in [0.29, 0.717) is 13.1 Å². The van der Waals surface area contributed by atoms with Gasteiger partial charge in [-0.1, -0.05) is 6.58 Å². The Balaban J connectivity index is 1.55. The molecule has 2 amide bonds. The van der Waals surface area contributed by atoms with Crippen LogP contribution in [0.5, 0.6) is 0 Å². The van der Waals surface area contributed by atoms with Gasteiger partial charge in [0, 0.05) is 41.8 Å². The van der Waals surface area contributed by atoms with E-state index in [-0.39, 0.29) is 35.0 Å². The molecule has 0 radical (unpaired) electrons. The summed E-state index contributed by atoms with van der Waals surface area (Å²) in [6.07, 6.45) is 5.12. The lowest BCUT2D eigenvalue weighted by atomic mass is 9.95. The van der Waals surface area contributed by atoms with Gasteiger partial charge in [0.1, 0.15) is 6.54 Å². The van der Waals surface area contributed by atoms with Gasteiger partial charge in [-0.15, -0.1) is 0 Å². The van der Waals surface area contributed by atoms with E-state index in [1.165, 1.54) is 12.1 Å². The molecular weight excluding hydrogens is 360 g/mol. The van der Waals surface area contributed by atoms with Gasteiger partial charge in [0.25, 0.3) is 5.69 Å². The minimum absolute atomic E-state index is 0.0462. The van der Waals surface area contributed by atoms with E-state index in [1.807, 2.05) is 4.57 Å². The number of fused-ring (bicyclic) bond motifs is 3. The van der Waals surface area contributed by atoms with Gasteiger partial charge in [0.2, 0.25) is 11.8 Å². The van der Waals surface area contributed by atoms with E-state index >= 15 is 0 Å². The number of nitrogens with one attached hydrogen (secondary N) is 1. The molecule has 1 N–H and O–H groups in total. The first-order valence-corrected chi connectivity index (χ1v) is 9.47. The Morgan fingerprint density at radius 1 is 1.29 bits per heavy atom. The molecule has 1 aliphatic heterocycles. The number of nitro benzene ring substituents is 1. The summed E-state index contributed by atoms with van der Waals surface area (Å²) >= 11 is 0. The zero-order valence-electron chi connectivity index (χ0n) is 15.5. The van der Waals surface area contributed by atoms with Crippen molar-refractivity contribution in [2.24, 2.45) is 0 Å². The Kier molecular flexibility index (Phi) is 4.62. The van der Waals surface area contributed by atoms with Crippen molar-refractivity contribution in [2.45, 2.75) is 38.3 Å². The van der Waals surface area contributed by atoms with Crippen LogP contribution in [-0.2, 0) is 29.0 Å². The maximum Gasteiger partial charge on any atom is 0.270 e. The van der Waals surface area contributed by atoms with E-state index in [0.717, 1.165) is 47.8 Å². The smallest absolute Gasteiger partial charge is 0.270 e. The quantitative estimate of drug-likeness (QED) is 0.485. The number of aryl methyl sites for hydroxylation is 1. The van der Waals surface area contributed by atoms with E-state index in [4.69, 9.17) is 0 Å². The zero-order valence-corrected chi connectivity index (χ0v) is 15.5. The minimum atomic E-state index is -0.383. The molecule has 8 heteroatoms. The molecule has 0 bridgehead atoms. The summed E-state index contributed by atoms with van der Waals surface area (Å²) in [5.41, 5.74) is 3.17. The van der Waals surface area contributed by atoms with E-state index in [9.17, 15) is 19.7 Å². The van der Waals surface area contributed by atoms with E-state index in [1.54, 1.807) is 17.0 Å². The Morgan fingerprint density at radius 2 is 2.04 bits per heavy atom. The molecule has 4 rings (SSSR count). The number of nitrogens with zero attached hydrogens (tertiary/aromatic N) is 3. The van der Waals surface area contributed by atoms with Gasteiger partial charge in [0.05, 0.1) is 11.0 Å². The second-order valence-electron chi connectivity index (χ2n) is 7.39. The van der Waals surface area contributed by atoms with Crippen molar-refractivity contribution in [3.63, 3.8) is 0 Å². The molecule has 28 heavy (non-hydrogen) atoms. The molecule has 1 aliphatic carbocycles. The van der Waals surface area contributed by atoms with Crippen molar-refractivity contribution in [3.05, 3.63) is 52.2 Å². The molecule has 2 heterocycles. The number of hydrogen-bond acceptors (Lipinski definition) is 4. The number of aromatic nitrogens is 1. The molecule has 8 nitrogen and oxygen atoms in total. The molecule has 0 unspecified atom stereocenters. The van der Waals surface area contributed by atoms with Gasteiger partial charge in [-0.2, -0.15) is 0 Å². The molecule has 0 atom stereocenters. The average molecular weight is 382 g/mol. The summed E-state index contributed by atoms with van der Waals surface area (Å²) in [4.78, 5) is 36.5. The van der Waals surface area contributed by atoms with E-state index < -0.39 is 0 Å². The van der Waals surface area contributed by atoms with Crippen LogP contribution in [0.2, 0.25) is 0 Å². The number of hydrogen-bond donors (Lipinski definition) is 1. The summed E-state index contributed by atoms with van der Waals surface area (Å²) in [5.74, 6) is -0.239. The van der Waals surface area contributed by atoms with Crippen LogP contribution >= 0.6 is 0 Å². The first-order valence-electron chi connectivity index (χ1n) is 9.47. The van der Waals surface area contributed by atoms with Crippen molar-refractivity contribution in [2.75, 3.05) is 13.1 Å². The number of likely N-dealkylation sites (tertiary alicyclic amines) is 1. The Bertz CT molecular complexity index is 988. The van der Waals surface area contributed by atoms with Gasteiger partial charge in [-0.25, -0.2) is 0 Å². The summed E-state index contributed by atoms with van der Waals surface area (Å²) in [6.45, 7) is 4.63. The first-order chi connectivity index (χ1) is 13.5. The fraction of sp³-hybridized carbons (Fsp3) is 0.400. The second-order valence-corrected chi connectivity index (χ2v) is 7.39. The highest BCUT2D eigenvalue weighted by Crippen LogP contribution is 2.34. The maximum absolute atomic E-state index is 12.6. The van der Waals surface area contributed by atoms with Gasteiger partial charge in [-0.05, 0) is 43.4 Å². The van der Waals surface area contributed by atoms with Crippen LogP contribution in [-0.4, -0.2) is 45.3 Å². The second kappa shape index (κ2) is 7.10. The van der Waals surface area contributed by atoms with Gasteiger partial charge in [0.15, 0.2) is 0 Å². The summed E-state index contributed by atoms with van der Waals surface area (Å²) in [7, 11) is 0. The summed E-state index contributed by atoms with van der Waals surface area (Å²) in [6, 6.07) is 4.81. The van der Waals surface area contributed by atoms with E-state index in [2.05, 4.69) is 11.9 Å². The third kappa shape index (κ3) is 3.15. The molecule has 2 aromatic rings. The molecule has 0 saturated carbocycles. The lowest BCUT2D eigenvalue weighted by Crippen LogP contribution is -2.61. The predicted octanol–water partition coefficient (Wildman–Crippen LogP) is 1.94. The number of carbonyl (C=O) groups excluding carboxylic acids is 2. The lowest BCUT2D eigenvalue weighted by molar-refractivity contribution is -0.384. The van der Waals surface area contributed by atoms with Crippen LogP contribution in [0.1, 0.15) is 24.1 Å². The Labute approximate surface area is 161 Å². The minimum Gasteiger partial charge on any atom is -0.348 e. The molecule has 1 aromatic carbocycles. The number of rotatable bonds is 5. The van der Waals surface area contributed by atoms with Crippen molar-refractivity contribution in [3.8, 4) is 0 Å². The largest absolute Gasteiger partial charge is 0.348 e. The highest BCUT2D eigenvalue weighted by atomic mass is 16.6. The fourth-order valence-electron chi connectivity index (χ4n) is 4.21. The standard InChI is InChI=1S/C20H22N4O4/c1-2-20(26)22-10-13(11-22)21-19(25)12-23-17-6-4-3-5-15(17)16-9-14(24(27)28)7-8-18(16)23/h2,7-9,13H,1,3-6,10-12H2,(H,21,25). The average Bonchev–Trinajstić information content (AvgIpc) is 2.97. The highest BCUT2D eigenvalue weighted by molar-refractivity contribution is 5.90. The van der Waals surface area contributed by atoms with Crippen molar-refractivity contribution in [1.29, 1.82) is 0 Å². The van der Waals surface area contributed by atoms with Crippen LogP contribution < -0.4 is 5.32 Å². The number of nitro groups is 1. The third-order valence-electron chi connectivity index (χ3n) is 5.61. The molecule has 146 valence electrons. The molecule has 1 fully saturated rings. The number of carbonyl (C=O) groups is 2. The molecule has 0 spiro atoms. The number of non-ortho nitro benzene ring substituents is 1. The monoisotopic (exact) mass is 382 g/mol. The predicted molar refractivity (Wildman–Crippen MR) is 104 cm³/mol. The first kappa shape index (κ1) is 18.2. The van der Waals surface area contributed by atoms with Crippen LogP contribution in [0, 0.1) is 10.1 Å². The molecule has 1 aromatic heterocycles. The molecule has 2 aliphatic rings. The van der Waals surface area contributed by atoms with Crippen LogP contribution in [0.3, 0.4) is 0 Å². The maximum atomic E-state index is 12.6. The van der Waals surface area contributed by atoms with Gasteiger partial charge in [-0.3, -0.25) is 19.7 Å². The summed E-state index contributed by atoms with van der Waals surface area (Å²) < 4.78 is 1.99. The van der Waals surface area contributed by atoms with Crippen molar-refractivity contribution >= 4 is 28.4 Å². The van der Waals surface area contributed by atoms with Crippen LogP contribution in [0.25, 0.3) is 10.9 Å². The van der Waals surface area contributed by atoms with Crippen LogP contribution in [0.4, 0.5) is 5.69 Å². The number of amides is 2. The fourth-order valence-corrected chi connectivity index (χ4v) is 4.21. The van der Waals surface area contributed by atoms with Gasteiger partial charge < -0.3 is 14.8 Å². The molecular formula is C20H22N4O4. The highest BCUT2D eigenvalue weighted by Gasteiger charge is 2.31. The zero-order chi connectivity index (χ0) is 19.8. The number of benzene rings is 1. The van der Waals surface area contributed by atoms with Crippen molar-refractivity contribution in [1.82, 2.24) is 14.8 Å². The van der Waals surface area contributed by atoms with Crippen LogP contribution in [0.15, 0.2) is 30.9 Å². The third-order valence-corrected chi connectivity index (χ3v) is 5.61.